The fraction of sp³-hybridized carbons (Fsp3) is 0.429. The number of carbonyl (C=O) groups excluding carboxylic acids is 4. The van der Waals surface area contributed by atoms with Gasteiger partial charge in [0.1, 0.15) is 11.2 Å². The van der Waals surface area contributed by atoms with Crippen LogP contribution in [0.5, 0.6) is 5.75 Å². The summed E-state index contributed by atoms with van der Waals surface area (Å²) in [6.07, 6.45) is 6.30. The lowest BCUT2D eigenvalue weighted by Crippen LogP contribution is -2.65. The predicted octanol–water partition coefficient (Wildman–Crippen LogP) is 2.66. The van der Waals surface area contributed by atoms with Gasteiger partial charge in [-0.1, -0.05) is 24.3 Å². The number of benzene rings is 1. The highest BCUT2D eigenvalue weighted by Gasteiger charge is 2.56. The van der Waals surface area contributed by atoms with E-state index in [1.807, 2.05) is 12.2 Å². The molecule has 7 nitrogen and oxygen atoms in total. The number of imide groups is 2. The van der Waals surface area contributed by atoms with Gasteiger partial charge in [-0.2, -0.15) is 0 Å². The maximum absolute atomic E-state index is 13.2. The normalized spacial score (nSPS) is 25.2. The molecule has 1 aliphatic heterocycles. The third-order valence-electron chi connectivity index (χ3n) is 5.65. The van der Waals surface area contributed by atoms with Crippen LogP contribution >= 0.6 is 0 Å². The molecule has 1 aromatic rings. The third kappa shape index (κ3) is 3.21. The highest BCUT2D eigenvalue weighted by atomic mass is 16.5. The molecule has 2 aliphatic rings. The van der Waals surface area contributed by atoms with Gasteiger partial charge in [0.25, 0.3) is 0 Å². The Morgan fingerprint density at radius 2 is 2.00 bits per heavy atom. The zero-order valence-corrected chi connectivity index (χ0v) is 16.3. The number of barbiturate groups is 1. The van der Waals surface area contributed by atoms with Crippen molar-refractivity contribution >= 4 is 23.6 Å². The quantitative estimate of drug-likeness (QED) is 0.443. The van der Waals surface area contributed by atoms with Crippen LogP contribution in [0.15, 0.2) is 36.4 Å². The molecule has 0 aromatic heterocycles. The van der Waals surface area contributed by atoms with E-state index in [0.717, 1.165) is 22.6 Å². The number of methoxy groups -OCH3 is 1. The molecule has 2 unspecified atom stereocenters. The van der Waals surface area contributed by atoms with Crippen LogP contribution in [0.3, 0.4) is 0 Å². The van der Waals surface area contributed by atoms with Crippen LogP contribution in [0.2, 0.25) is 0 Å². The van der Waals surface area contributed by atoms with E-state index in [0.29, 0.717) is 17.7 Å². The molecule has 0 spiro atoms. The zero-order chi connectivity index (χ0) is 20.5. The monoisotopic (exact) mass is 384 g/mol. The van der Waals surface area contributed by atoms with Gasteiger partial charge in [-0.25, -0.2) is 4.79 Å². The van der Waals surface area contributed by atoms with E-state index >= 15 is 0 Å². The van der Waals surface area contributed by atoms with Gasteiger partial charge in [-0.3, -0.25) is 24.2 Å². The molecule has 1 aliphatic carbocycles. The molecule has 3 rings (SSSR count). The first kappa shape index (κ1) is 19.8. The van der Waals surface area contributed by atoms with Crippen LogP contribution < -0.4 is 4.74 Å². The number of rotatable bonds is 5. The van der Waals surface area contributed by atoms with Gasteiger partial charge in [0.15, 0.2) is 5.78 Å². The van der Waals surface area contributed by atoms with Gasteiger partial charge in [0, 0.05) is 12.6 Å². The molecule has 0 saturated carbocycles. The fourth-order valence-electron chi connectivity index (χ4n) is 3.86. The number of nitrogens with zero attached hydrogens (tertiary/aromatic N) is 2. The summed E-state index contributed by atoms with van der Waals surface area (Å²) in [7, 11) is 2.84. The number of amides is 4. The Balaban J connectivity index is 1.91. The molecule has 28 heavy (non-hydrogen) atoms. The summed E-state index contributed by atoms with van der Waals surface area (Å²) in [5.41, 5.74) is -1.06. The van der Waals surface area contributed by atoms with E-state index in [9.17, 15) is 19.2 Å². The smallest absolute Gasteiger partial charge is 0.333 e. The van der Waals surface area contributed by atoms with E-state index in [2.05, 4.69) is 0 Å². The molecular formula is C21H24N2O5. The second-order valence-corrected chi connectivity index (χ2v) is 7.36. The van der Waals surface area contributed by atoms with Crippen molar-refractivity contribution in [3.8, 4) is 5.75 Å². The molecule has 4 amide bonds. The van der Waals surface area contributed by atoms with Crippen molar-refractivity contribution in [1.82, 2.24) is 9.80 Å². The van der Waals surface area contributed by atoms with Crippen molar-refractivity contribution in [2.45, 2.75) is 26.2 Å². The average molecular weight is 384 g/mol. The molecule has 1 aromatic carbocycles. The number of hydrogen-bond donors (Lipinski definition) is 0. The molecule has 148 valence electrons. The lowest BCUT2D eigenvalue weighted by atomic mass is 9.70. The number of ketones is 1. The molecule has 2 atom stereocenters. The lowest BCUT2D eigenvalue weighted by molar-refractivity contribution is -0.159. The SMILES string of the molecule is COc1cccc(C(=O)CN2C(=O)N(C)C(=O)C(C)(C3C=CCCC3)C2=O)c1. The van der Waals surface area contributed by atoms with E-state index in [-0.39, 0.29) is 5.92 Å². The standard InChI is InChI=1S/C21H24N2O5/c1-21(15-9-5-4-6-10-15)18(25)22(2)20(27)23(19(21)26)13-17(24)14-8-7-11-16(12-14)28-3/h5,7-9,11-12,15H,4,6,10,13H2,1-3H3. The second kappa shape index (κ2) is 7.58. The van der Waals surface area contributed by atoms with Crippen molar-refractivity contribution in [3.05, 3.63) is 42.0 Å². The van der Waals surface area contributed by atoms with Crippen molar-refractivity contribution < 1.29 is 23.9 Å². The highest BCUT2D eigenvalue weighted by Crippen LogP contribution is 2.41. The van der Waals surface area contributed by atoms with E-state index < -0.39 is 35.6 Å². The maximum Gasteiger partial charge on any atom is 0.333 e. The Bertz CT molecular complexity index is 862. The number of carbonyl (C=O) groups is 4. The van der Waals surface area contributed by atoms with E-state index in [4.69, 9.17) is 4.74 Å². The minimum Gasteiger partial charge on any atom is -0.497 e. The fourth-order valence-corrected chi connectivity index (χ4v) is 3.86. The first-order valence-electron chi connectivity index (χ1n) is 9.28. The van der Waals surface area contributed by atoms with Crippen LogP contribution in [-0.2, 0) is 9.59 Å². The number of hydrogen-bond acceptors (Lipinski definition) is 5. The third-order valence-corrected chi connectivity index (χ3v) is 5.65. The Kier molecular flexibility index (Phi) is 5.36. The van der Waals surface area contributed by atoms with Crippen molar-refractivity contribution in [1.29, 1.82) is 0 Å². The zero-order valence-electron chi connectivity index (χ0n) is 16.3. The first-order valence-corrected chi connectivity index (χ1v) is 9.28. The maximum atomic E-state index is 13.2. The molecule has 0 radical (unpaired) electrons. The van der Waals surface area contributed by atoms with Crippen LogP contribution in [-0.4, -0.2) is 54.1 Å². The van der Waals surface area contributed by atoms with Crippen LogP contribution in [0.4, 0.5) is 4.79 Å². The highest BCUT2D eigenvalue weighted by molar-refractivity contribution is 6.20. The van der Waals surface area contributed by atoms with E-state index in [1.165, 1.54) is 14.2 Å². The minimum absolute atomic E-state index is 0.300. The summed E-state index contributed by atoms with van der Waals surface area (Å²) in [5.74, 6) is -1.33. The first-order chi connectivity index (χ1) is 13.3. The number of urea groups is 1. The van der Waals surface area contributed by atoms with Gasteiger partial charge in [-0.15, -0.1) is 0 Å². The molecule has 1 fully saturated rings. The molecular weight excluding hydrogens is 360 g/mol. The summed E-state index contributed by atoms with van der Waals surface area (Å²) in [5, 5.41) is 0. The van der Waals surface area contributed by atoms with Gasteiger partial charge in [-0.05, 0) is 44.2 Å². The molecule has 1 heterocycles. The van der Waals surface area contributed by atoms with E-state index in [1.54, 1.807) is 31.2 Å². The van der Waals surface area contributed by atoms with Crippen LogP contribution in [0, 0.1) is 11.3 Å². The number of ether oxygens (including phenoxy) is 1. The van der Waals surface area contributed by atoms with Crippen molar-refractivity contribution in [2.24, 2.45) is 11.3 Å². The Hall–Kier alpha value is -2.96. The van der Waals surface area contributed by atoms with Gasteiger partial charge < -0.3 is 4.74 Å². The molecule has 0 N–H and O–H groups in total. The Morgan fingerprint density at radius 1 is 1.25 bits per heavy atom. The summed E-state index contributed by atoms with van der Waals surface area (Å²) < 4.78 is 5.12. The van der Waals surface area contributed by atoms with Crippen molar-refractivity contribution in [3.63, 3.8) is 0 Å². The number of Topliss-reactive ketones (excluding diaryl/α,β-unsaturated/α-hetero) is 1. The molecule has 1 saturated heterocycles. The van der Waals surface area contributed by atoms with Gasteiger partial charge in [0.2, 0.25) is 11.8 Å². The van der Waals surface area contributed by atoms with Gasteiger partial charge >= 0.3 is 6.03 Å². The topological polar surface area (TPSA) is 84.0 Å². The summed E-state index contributed by atoms with van der Waals surface area (Å²) in [4.78, 5) is 53.3. The van der Waals surface area contributed by atoms with Crippen LogP contribution in [0.1, 0.15) is 36.5 Å². The Morgan fingerprint density at radius 3 is 2.64 bits per heavy atom. The molecule has 7 heteroatoms. The minimum atomic E-state index is -1.39. The van der Waals surface area contributed by atoms with Crippen molar-refractivity contribution in [2.75, 3.05) is 20.7 Å². The summed E-state index contributed by atoms with van der Waals surface area (Å²) in [6.45, 7) is 1.15. The summed E-state index contributed by atoms with van der Waals surface area (Å²) in [6, 6.07) is 5.75. The van der Waals surface area contributed by atoms with Crippen LogP contribution in [0.25, 0.3) is 0 Å². The summed E-state index contributed by atoms with van der Waals surface area (Å²) >= 11 is 0. The largest absolute Gasteiger partial charge is 0.497 e. The average Bonchev–Trinajstić information content (AvgIpc) is 2.74. The lowest BCUT2D eigenvalue weighted by Gasteiger charge is -2.44. The second-order valence-electron chi connectivity index (χ2n) is 7.36. The van der Waals surface area contributed by atoms with Gasteiger partial charge in [0.05, 0.1) is 13.7 Å². The Labute approximate surface area is 163 Å². The molecule has 0 bridgehead atoms. The number of allylic oxidation sites excluding steroid dienone is 2. The predicted molar refractivity (Wildman–Crippen MR) is 102 cm³/mol.